The first-order valence-corrected chi connectivity index (χ1v) is 6.16. The molecule has 2 aromatic rings. The van der Waals surface area contributed by atoms with E-state index in [1.54, 1.807) is 0 Å². The number of fused-ring (bicyclic) bond motifs is 1. The van der Waals surface area contributed by atoms with Crippen molar-refractivity contribution in [2.24, 2.45) is 0 Å². The Kier molecular flexibility index (Phi) is 2.69. The minimum atomic E-state index is 0.520. The SMILES string of the molecule is CN1Cc2ccccc2CC1c1ccccc1. The fourth-order valence-corrected chi connectivity index (χ4v) is 2.70. The molecule has 0 radical (unpaired) electrons. The lowest BCUT2D eigenvalue weighted by atomic mass is 9.90. The number of hydrogen-bond donors (Lipinski definition) is 0. The predicted octanol–water partition coefficient (Wildman–Crippen LogP) is 3.42. The van der Waals surface area contributed by atoms with Crippen molar-refractivity contribution in [3.05, 3.63) is 71.3 Å². The van der Waals surface area contributed by atoms with Crippen molar-refractivity contribution in [2.75, 3.05) is 7.05 Å². The van der Waals surface area contributed by atoms with Gasteiger partial charge in [-0.25, -0.2) is 0 Å². The van der Waals surface area contributed by atoms with E-state index in [2.05, 4.69) is 66.5 Å². The van der Waals surface area contributed by atoms with Gasteiger partial charge in [0.05, 0.1) is 0 Å². The Bertz CT molecular complexity index is 504. The normalized spacial score (nSPS) is 19.9. The molecular formula is C16H17N. The highest BCUT2D eigenvalue weighted by molar-refractivity contribution is 5.33. The third-order valence-electron chi connectivity index (χ3n) is 3.67. The molecule has 0 saturated heterocycles. The van der Waals surface area contributed by atoms with Crippen molar-refractivity contribution in [3.63, 3.8) is 0 Å². The molecule has 2 aromatic carbocycles. The van der Waals surface area contributed by atoms with E-state index in [-0.39, 0.29) is 0 Å². The quantitative estimate of drug-likeness (QED) is 0.716. The van der Waals surface area contributed by atoms with Gasteiger partial charge in [0.2, 0.25) is 0 Å². The van der Waals surface area contributed by atoms with Crippen molar-refractivity contribution in [1.29, 1.82) is 0 Å². The van der Waals surface area contributed by atoms with Gasteiger partial charge in [0.25, 0.3) is 0 Å². The van der Waals surface area contributed by atoms with Crippen LogP contribution in [0.5, 0.6) is 0 Å². The summed E-state index contributed by atoms with van der Waals surface area (Å²) >= 11 is 0. The summed E-state index contributed by atoms with van der Waals surface area (Å²) in [5, 5.41) is 0. The first-order chi connectivity index (χ1) is 8.34. The lowest BCUT2D eigenvalue weighted by Gasteiger charge is -2.34. The Balaban J connectivity index is 1.95. The molecule has 3 rings (SSSR count). The van der Waals surface area contributed by atoms with Crippen LogP contribution < -0.4 is 0 Å². The topological polar surface area (TPSA) is 3.24 Å². The Morgan fingerprint density at radius 2 is 1.53 bits per heavy atom. The zero-order chi connectivity index (χ0) is 11.7. The van der Waals surface area contributed by atoms with Gasteiger partial charge in [0, 0.05) is 12.6 Å². The molecule has 0 fully saturated rings. The van der Waals surface area contributed by atoms with E-state index in [0.717, 1.165) is 13.0 Å². The van der Waals surface area contributed by atoms with Crippen LogP contribution in [0.1, 0.15) is 22.7 Å². The summed E-state index contributed by atoms with van der Waals surface area (Å²) < 4.78 is 0. The van der Waals surface area contributed by atoms with Crippen LogP contribution in [0.15, 0.2) is 54.6 Å². The number of nitrogens with zero attached hydrogens (tertiary/aromatic N) is 1. The first kappa shape index (κ1) is 10.5. The highest BCUT2D eigenvalue weighted by Gasteiger charge is 2.23. The third kappa shape index (κ3) is 1.98. The molecule has 1 unspecified atom stereocenters. The molecule has 0 spiro atoms. The molecular weight excluding hydrogens is 206 g/mol. The summed E-state index contributed by atoms with van der Waals surface area (Å²) in [6, 6.07) is 20.1. The lowest BCUT2D eigenvalue weighted by molar-refractivity contribution is 0.218. The van der Waals surface area contributed by atoms with Gasteiger partial charge in [-0.1, -0.05) is 54.6 Å². The Morgan fingerprint density at radius 3 is 2.29 bits per heavy atom. The fourth-order valence-electron chi connectivity index (χ4n) is 2.70. The van der Waals surface area contributed by atoms with Gasteiger partial charge in [-0.15, -0.1) is 0 Å². The van der Waals surface area contributed by atoms with Crippen LogP contribution in [0, 0.1) is 0 Å². The van der Waals surface area contributed by atoms with E-state index >= 15 is 0 Å². The standard InChI is InChI=1S/C16H17N/c1-17-12-15-10-6-5-9-14(15)11-16(17)13-7-3-2-4-8-13/h2-10,16H,11-12H2,1H3. The molecule has 17 heavy (non-hydrogen) atoms. The molecule has 0 bridgehead atoms. The highest BCUT2D eigenvalue weighted by Crippen LogP contribution is 2.31. The van der Waals surface area contributed by atoms with Crippen molar-refractivity contribution >= 4 is 0 Å². The highest BCUT2D eigenvalue weighted by atomic mass is 15.1. The summed E-state index contributed by atoms with van der Waals surface area (Å²) in [6.45, 7) is 1.05. The lowest BCUT2D eigenvalue weighted by Crippen LogP contribution is -2.30. The van der Waals surface area contributed by atoms with Crippen molar-refractivity contribution in [1.82, 2.24) is 4.90 Å². The third-order valence-corrected chi connectivity index (χ3v) is 3.67. The van der Waals surface area contributed by atoms with Gasteiger partial charge < -0.3 is 0 Å². The molecule has 0 aromatic heterocycles. The van der Waals surface area contributed by atoms with Crippen LogP contribution in [0.4, 0.5) is 0 Å². The Hall–Kier alpha value is -1.60. The van der Waals surface area contributed by atoms with E-state index in [4.69, 9.17) is 0 Å². The largest absolute Gasteiger partial charge is 0.295 e. The fraction of sp³-hybridized carbons (Fsp3) is 0.250. The summed E-state index contributed by atoms with van der Waals surface area (Å²) in [5.41, 5.74) is 4.39. The minimum Gasteiger partial charge on any atom is -0.295 e. The van der Waals surface area contributed by atoms with Crippen molar-refractivity contribution in [2.45, 2.75) is 19.0 Å². The zero-order valence-corrected chi connectivity index (χ0v) is 10.1. The second-order valence-electron chi connectivity index (χ2n) is 4.81. The van der Waals surface area contributed by atoms with Crippen LogP contribution in [0.2, 0.25) is 0 Å². The molecule has 1 aliphatic rings. The average Bonchev–Trinajstić information content (AvgIpc) is 2.39. The summed E-state index contributed by atoms with van der Waals surface area (Å²) in [6.07, 6.45) is 1.12. The molecule has 1 heterocycles. The molecule has 86 valence electrons. The summed E-state index contributed by atoms with van der Waals surface area (Å²) in [4.78, 5) is 2.44. The number of likely N-dealkylation sites (N-methyl/N-ethyl adjacent to an activating group) is 1. The van der Waals surface area contributed by atoms with Gasteiger partial charge >= 0.3 is 0 Å². The van der Waals surface area contributed by atoms with E-state index < -0.39 is 0 Å². The maximum absolute atomic E-state index is 2.44. The molecule has 0 N–H and O–H groups in total. The van der Waals surface area contributed by atoms with Gasteiger partial charge in [-0.05, 0) is 30.2 Å². The van der Waals surface area contributed by atoms with Crippen molar-refractivity contribution < 1.29 is 0 Å². The molecule has 0 amide bonds. The maximum Gasteiger partial charge on any atom is 0.0389 e. The van der Waals surface area contributed by atoms with Gasteiger partial charge in [0.1, 0.15) is 0 Å². The van der Waals surface area contributed by atoms with Gasteiger partial charge in [0.15, 0.2) is 0 Å². The number of hydrogen-bond acceptors (Lipinski definition) is 1. The smallest absolute Gasteiger partial charge is 0.0389 e. The van der Waals surface area contributed by atoms with Crippen molar-refractivity contribution in [3.8, 4) is 0 Å². The molecule has 1 nitrogen and oxygen atoms in total. The van der Waals surface area contributed by atoms with E-state index in [0.29, 0.717) is 6.04 Å². The van der Waals surface area contributed by atoms with Crippen LogP contribution in [-0.2, 0) is 13.0 Å². The van der Waals surface area contributed by atoms with Gasteiger partial charge in [-0.3, -0.25) is 4.90 Å². The molecule has 1 heteroatoms. The van der Waals surface area contributed by atoms with Crippen LogP contribution in [0.25, 0.3) is 0 Å². The zero-order valence-electron chi connectivity index (χ0n) is 10.1. The molecule has 0 aliphatic carbocycles. The Labute approximate surface area is 103 Å². The van der Waals surface area contributed by atoms with E-state index in [9.17, 15) is 0 Å². The van der Waals surface area contributed by atoms with E-state index in [1.807, 2.05) is 0 Å². The number of benzene rings is 2. The molecule has 1 aliphatic heterocycles. The van der Waals surface area contributed by atoms with Gasteiger partial charge in [-0.2, -0.15) is 0 Å². The molecule has 1 atom stereocenters. The summed E-state index contributed by atoms with van der Waals surface area (Å²) in [5.74, 6) is 0. The summed E-state index contributed by atoms with van der Waals surface area (Å²) in [7, 11) is 2.22. The van der Waals surface area contributed by atoms with Crippen LogP contribution in [-0.4, -0.2) is 11.9 Å². The minimum absolute atomic E-state index is 0.520. The van der Waals surface area contributed by atoms with E-state index in [1.165, 1.54) is 16.7 Å². The predicted molar refractivity (Wildman–Crippen MR) is 70.8 cm³/mol. The van der Waals surface area contributed by atoms with Crippen LogP contribution >= 0.6 is 0 Å². The monoisotopic (exact) mass is 223 g/mol. The molecule has 0 saturated carbocycles. The maximum atomic E-state index is 2.44. The average molecular weight is 223 g/mol. The second-order valence-corrected chi connectivity index (χ2v) is 4.81. The number of rotatable bonds is 1. The Morgan fingerprint density at radius 1 is 0.882 bits per heavy atom. The first-order valence-electron chi connectivity index (χ1n) is 6.16. The van der Waals surface area contributed by atoms with Crippen LogP contribution in [0.3, 0.4) is 0 Å². The second kappa shape index (κ2) is 4.34.